The molecule has 3 N–H and O–H groups in total. The Hall–Kier alpha value is -2.08. The maximum Gasteiger partial charge on any atom is 0.224 e. The Morgan fingerprint density at radius 3 is 2.92 bits per heavy atom. The Balaban J connectivity index is 1.42. The molecule has 0 aromatic heterocycles. The van der Waals surface area contributed by atoms with E-state index < -0.39 is 0 Å². The molecule has 26 heavy (non-hydrogen) atoms. The molecular weight excluding hydrogens is 330 g/mol. The Morgan fingerprint density at radius 1 is 1.31 bits per heavy atom. The van der Waals surface area contributed by atoms with Crippen molar-refractivity contribution in [3.8, 4) is 5.75 Å². The lowest BCUT2D eigenvalue weighted by Crippen LogP contribution is -2.50. The van der Waals surface area contributed by atoms with Crippen LogP contribution in [-0.4, -0.2) is 42.5 Å². The molecule has 1 aromatic carbocycles. The van der Waals surface area contributed by atoms with E-state index in [9.17, 15) is 9.59 Å². The number of fused-ring (bicyclic) bond motifs is 1. The highest BCUT2D eigenvalue weighted by atomic mass is 16.5. The summed E-state index contributed by atoms with van der Waals surface area (Å²) in [4.78, 5) is 25.6. The van der Waals surface area contributed by atoms with Gasteiger partial charge in [0.05, 0.1) is 6.61 Å². The third-order valence-electron chi connectivity index (χ3n) is 5.45. The second-order valence-corrected chi connectivity index (χ2v) is 7.34. The van der Waals surface area contributed by atoms with Crippen LogP contribution in [0, 0.1) is 0 Å². The second kappa shape index (κ2) is 8.54. The van der Waals surface area contributed by atoms with Gasteiger partial charge in [-0.3, -0.25) is 9.59 Å². The van der Waals surface area contributed by atoms with Crippen LogP contribution in [0.4, 0.5) is 5.69 Å². The van der Waals surface area contributed by atoms with Crippen molar-refractivity contribution < 1.29 is 14.3 Å². The summed E-state index contributed by atoms with van der Waals surface area (Å²) in [6, 6.07) is 5.99. The van der Waals surface area contributed by atoms with Crippen molar-refractivity contribution in [2.75, 3.05) is 19.0 Å². The number of rotatable bonds is 6. The van der Waals surface area contributed by atoms with Gasteiger partial charge in [0.1, 0.15) is 5.75 Å². The maximum atomic E-state index is 12.4. The smallest absolute Gasteiger partial charge is 0.224 e. The van der Waals surface area contributed by atoms with Gasteiger partial charge in [0.2, 0.25) is 11.8 Å². The van der Waals surface area contributed by atoms with Gasteiger partial charge in [0.15, 0.2) is 0 Å². The lowest BCUT2D eigenvalue weighted by molar-refractivity contribution is -0.133. The van der Waals surface area contributed by atoms with E-state index in [4.69, 9.17) is 10.5 Å². The topological polar surface area (TPSA) is 84.7 Å². The molecule has 2 amide bonds. The first kappa shape index (κ1) is 18.7. The van der Waals surface area contributed by atoms with Crippen LogP contribution < -0.4 is 15.8 Å². The van der Waals surface area contributed by atoms with Gasteiger partial charge in [-0.1, -0.05) is 12.8 Å². The van der Waals surface area contributed by atoms with E-state index in [0.717, 1.165) is 49.1 Å². The fourth-order valence-corrected chi connectivity index (χ4v) is 3.85. The molecule has 6 nitrogen and oxygen atoms in total. The van der Waals surface area contributed by atoms with Crippen LogP contribution in [-0.2, 0) is 16.0 Å². The van der Waals surface area contributed by atoms with Gasteiger partial charge in [-0.15, -0.1) is 0 Å². The summed E-state index contributed by atoms with van der Waals surface area (Å²) in [7, 11) is 1.87. The number of carbonyl (C=O) groups excluding carboxylic acids is 2. The zero-order valence-corrected chi connectivity index (χ0v) is 15.5. The number of carbonyl (C=O) groups is 2. The molecule has 1 aliphatic heterocycles. The van der Waals surface area contributed by atoms with Crippen LogP contribution in [0.5, 0.6) is 5.75 Å². The highest BCUT2D eigenvalue weighted by molar-refractivity contribution is 5.94. The van der Waals surface area contributed by atoms with Crippen LogP contribution >= 0.6 is 0 Å². The molecule has 1 aromatic rings. The average Bonchev–Trinajstić information content (AvgIpc) is 2.65. The second-order valence-electron chi connectivity index (χ2n) is 7.34. The van der Waals surface area contributed by atoms with Gasteiger partial charge in [0.25, 0.3) is 0 Å². The molecule has 1 saturated carbocycles. The van der Waals surface area contributed by atoms with Crippen LogP contribution in [0.3, 0.4) is 0 Å². The molecule has 2 aliphatic rings. The van der Waals surface area contributed by atoms with E-state index >= 15 is 0 Å². The Bertz CT molecular complexity index is 662. The Morgan fingerprint density at radius 2 is 2.12 bits per heavy atom. The van der Waals surface area contributed by atoms with Crippen LogP contribution in [0.15, 0.2) is 18.2 Å². The standard InChI is InChI=1S/C20H29N3O3/c1-23(18-6-3-2-5-16(18)21)20(25)7-4-12-26-15-9-10-17-14(13-15)8-11-19(24)22-17/h9-10,13,16,18H,2-8,11-12,21H2,1H3,(H,22,24). The lowest BCUT2D eigenvalue weighted by Gasteiger charge is -2.36. The zero-order chi connectivity index (χ0) is 18.5. The molecule has 0 spiro atoms. The molecule has 2 atom stereocenters. The Labute approximate surface area is 155 Å². The highest BCUT2D eigenvalue weighted by Gasteiger charge is 2.27. The van der Waals surface area contributed by atoms with E-state index in [2.05, 4.69) is 5.32 Å². The minimum atomic E-state index is 0.0616. The minimum absolute atomic E-state index is 0.0616. The third kappa shape index (κ3) is 4.55. The number of amides is 2. The van der Waals surface area contributed by atoms with Crippen molar-refractivity contribution in [1.29, 1.82) is 0 Å². The number of likely N-dealkylation sites (N-methyl/N-ethyl adjacent to an activating group) is 1. The van der Waals surface area contributed by atoms with Crippen molar-refractivity contribution in [2.45, 2.75) is 63.5 Å². The molecule has 1 heterocycles. The molecule has 6 heteroatoms. The fraction of sp³-hybridized carbons (Fsp3) is 0.600. The monoisotopic (exact) mass is 359 g/mol. The number of hydrogen-bond donors (Lipinski definition) is 2. The first-order chi connectivity index (χ1) is 12.5. The van der Waals surface area contributed by atoms with Gasteiger partial charge < -0.3 is 20.7 Å². The average molecular weight is 359 g/mol. The van der Waals surface area contributed by atoms with E-state index in [1.54, 1.807) is 0 Å². The molecule has 142 valence electrons. The first-order valence-electron chi connectivity index (χ1n) is 9.61. The van der Waals surface area contributed by atoms with E-state index in [-0.39, 0.29) is 23.9 Å². The van der Waals surface area contributed by atoms with Gasteiger partial charge in [-0.05, 0) is 49.4 Å². The SMILES string of the molecule is CN(C(=O)CCCOc1ccc2c(c1)CCC(=O)N2)C1CCCCC1N. The van der Waals surface area contributed by atoms with Crippen molar-refractivity contribution >= 4 is 17.5 Å². The van der Waals surface area contributed by atoms with E-state index in [1.165, 1.54) is 0 Å². The molecule has 1 aliphatic carbocycles. The van der Waals surface area contributed by atoms with Crippen molar-refractivity contribution in [2.24, 2.45) is 5.73 Å². The van der Waals surface area contributed by atoms with Crippen LogP contribution in [0.1, 0.15) is 50.5 Å². The number of anilines is 1. The van der Waals surface area contributed by atoms with Gasteiger partial charge in [-0.25, -0.2) is 0 Å². The summed E-state index contributed by atoms with van der Waals surface area (Å²) < 4.78 is 5.79. The van der Waals surface area contributed by atoms with Crippen LogP contribution in [0.25, 0.3) is 0 Å². The Kier molecular flexibility index (Phi) is 6.14. The first-order valence-corrected chi connectivity index (χ1v) is 9.61. The summed E-state index contributed by atoms with van der Waals surface area (Å²) >= 11 is 0. The number of ether oxygens (including phenoxy) is 1. The number of nitrogens with one attached hydrogen (secondary N) is 1. The van der Waals surface area contributed by atoms with Crippen molar-refractivity contribution in [3.05, 3.63) is 23.8 Å². The highest BCUT2D eigenvalue weighted by Crippen LogP contribution is 2.27. The number of benzene rings is 1. The molecule has 0 saturated heterocycles. The number of nitrogens with two attached hydrogens (primary N) is 1. The molecule has 2 unspecified atom stereocenters. The molecule has 3 rings (SSSR count). The predicted molar refractivity (Wildman–Crippen MR) is 101 cm³/mol. The fourth-order valence-electron chi connectivity index (χ4n) is 3.85. The normalized spacial score (nSPS) is 22.3. The molecule has 0 bridgehead atoms. The van der Waals surface area contributed by atoms with Gasteiger partial charge in [-0.2, -0.15) is 0 Å². The number of hydrogen-bond acceptors (Lipinski definition) is 4. The van der Waals surface area contributed by atoms with Crippen molar-refractivity contribution in [3.63, 3.8) is 0 Å². The zero-order valence-electron chi connectivity index (χ0n) is 15.5. The lowest BCUT2D eigenvalue weighted by atomic mass is 9.90. The number of nitrogens with zero attached hydrogens (tertiary/aromatic N) is 1. The molecule has 1 fully saturated rings. The minimum Gasteiger partial charge on any atom is -0.494 e. The summed E-state index contributed by atoms with van der Waals surface area (Å²) in [6.45, 7) is 0.501. The molecule has 0 radical (unpaired) electrons. The summed E-state index contributed by atoms with van der Waals surface area (Å²) in [5.74, 6) is 0.991. The van der Waals surface area contributed by atoms with Crippen LogP contribution in [0.2, 0.25) is 0 Å². The van der Waals surface area contributed by atoms with E-state index in [1.807, 2.05) is 30.1 Å². The largest absolute Gasteiger partial charge is 0.494 e. The van der Waals surface area contributed by atoms with Gasteiger partial charge in [0, 0.05) is 37.7 Å². The number of aryl methyl sites for hydroxylation is 1. The summed E-state index contributed by atoms with van der Waals surface area (Å²) in [5.41, 5.74) is 8.14. The third-order valence-corrected chi connectivity index (χ3v) is 5.45. The van der Waals surface area contributed by atoms with Gasteiger partial charge >= 0.3 is 0 Å². The quantitative estimate of drug-likeness (QED) is 0.764. The predicted octanol–water partition coefficient (Wildman–Crippen LogP) is 2.46. The van der Waals surface area contributed by atoms with Crippen molar-refractivity contribution in [1.82, 2.24) is 4.90 Å². The summed E-state index contributed by atoms with van der Waals surface area (Å²) in [6.07, 6.45) is 6.73. The summed E-state index contributed by atoms with van der Waals surface area (Å²) in [5, 5.41) is 2.86. The maximum absolute atomic E-state index is 12.4. The van der Waals surface area contributed by atoms with E-state index in [0.29, 0.717) is 25.9 Å². The molecular formula is C20H29N3O3.